The zero-order chi connectivity index (χ0) is 13.8. The molecule has 0 amide bonds. The van der Waals surface area contributed by atoms with E-state index in [1.165, 1.54) is 42.5 Å². The maximum Gasteiger partial charge on any atom is 0.0375 e. The van der Waals surface area contributed by atoms with Gasteiger partial charge >= 0.3 is 0 Å². The highest BCUT2D eigenvalue weighted by Gasteiger charge is 2.23. The van der Waals surface area contributed by atoms with Gasteiger partial charge in [0.25, 0.3) is 0 Å². The first kappa shape index (κ1) is 13.2. The first-order chi connectivity index (χ1) is 9.83. The fraction of sp³-hybridized carbons (Fsp3) is 0.368. The number of benzene rings is 2. The molecule has 1 N–H and O–H groups in total. The number of rotatable bonds is 4. The van der Waals surface area contributed by atoms with Crippen molar-refractivity contribution in [2.45, 2.75) is 38.6 Å². The van der Waals surface area contributed by atoms with E-state index in [2.05, 4.69) is 66.8 Å². The van der Waals surface area contributed by atoms with Gasteiger partial charge in [0.15, 0.2) is 0 Å². The Morgan fingerprint density at radius 2 is 1.75 bits per heavy atom. The largest absolute Gasteiger partial charge is 0.382 e. The van der Waals surface area contributed by atoms with E-state index in [0.29, 0.717) is 6.04 Å². The Morgan fingerprint density at radius 3 is 2.60 bits per heavy atom. The Labute approximate surface area is 122 Å². The van der Waals surface area contributed by atoms with Crippen molar-refractivity contribution in [1.82, 2.24) is 0 Å². The molecule has 2 aromatic rings. The van der Waals surface area contributed by atoms with Crippen molar-refractivity contribution in [3.8, 4) is 0 Å². The molecule has 3 rings (SSSR count). The lowest BCUT2D eigenvalue weighted by Gasteiger charge is -2.32. The summed E-state index contributed by atoms with van der Waals surface area (Å²) < 4.78 is 0. The second-order valence-corrected chi connectivity index (χ2v) is 5.97. The van der Waals surface area contributed by atoms with Crippen LogP contribution in [0.2, 0.25) is 0 Å². The summed E-state index contributed by atoms with van der Waals surface area (Å²) >= 11 is 0. The van der Waals surface area contributed by atoms with Crippen molar-refractivity contribution in [3.63, 3.8) is 0 Å². The van der Waals surface area contributed by atoms with E-state index in [4.69, 9.17) is 0 Å². The second kappa shape index (κ2) is 6.13. The molecule has 2 aromatic carbocycles. The monoisotopic (exact) mass is 265 g/mol. The van der Waals surface area contributed by atoms with Gasteiger partial charge in [0.05, 0.1) is 0 Å². The van der Waals surface area contributed by atoms with Crippen molar-refractivity contribution in [1.29, 1.82) is 0 Å². The molecule has 1 aliphatic rings. The molecule has 0 aromatic heterocycles. The Bertz CT molecular complexity index is 547. The lowest BCUT2D eigenvalue weighted by atomic mass is 9.86. The molecule has 1 nitrogen and oxygen atoms in total. The molecule has 0 spiro atoms. The highest BCUT2D eigenvalue weighted by atomic mass is 14.9. The Morgan fingerprint density at radius 1 is 1.00 bits per heavy atom. The zero-order valence-corrected chi connectivity index (χ0v) is 12.2. The van der Waals surface area contributed by atoms with Crippen LogP contribution in [-0.2, 0) is 12.8 Å². The number of para-hydroxylation sites is 1. The van der Waals surface area contributed by atoms with Crippen LogP contribution >= 0.6 is 0 Å². The van der Waals surface area contributed by atoms with Crippen LogP contribution in [-0.4, -0.2) is 6.04 Å². The Hall–Kier alpha value is -1.76. The number of fused-ring (bicyclic) bond motifs is 1. The minimum Gasteiger partial charge on any atom is -0.382 e. The molecule has 20 heavy (non-hydrogen) atoms. The van der Waals surface area contributed by atoms with Gasteiger partial charge in [-0.15, -0.1) is 0 Å². The van der Waals surface area contributed by atoms with Gasteiger partial charge in [-0.25, -0.2) is 0 Å². The Balaban J connectivity index is 1.56. The predicted octanol–water partition coefficient (Wildman–Crippen LogP) is 4.68. The normalized spacial score (nSPS) is 21.1. The summed E-state index contributed by atoms with van der Waals surface area (Å²) in [7, 11) is 0. The molecule has 1 aliphatic heterocycles. The van der Waals surface area contributed by atoms with E-state index in [1.807, 2.05) is 0 Å². The number of aryl methyl sites for hydroxylation is 1. The average Bonchev–Trinajstić information content (AvgIpc) is 2.49. The molecule has 0 aliphatic carbocycles. The van der Waals surface area contributed by atoms with Crippen LogP contribution < -0.4 is 5.32 Å². The number of anilines is 1. The Kier molecular flexibility index (Phi) is 4.05. The quantitative estimate of drug-likeness (QED) is 0.846. The van der Waals surface area contributed by atoms with Gasteiger partial charge in [-0.2, -0.15) is 0 Å². The van der Waals surface area contributed by atoms with Crippen molar-refractivity contribution in [2.24, 2.45) is 5.92 Å². The standard InChI is InChI=1S/C19H23N/c1-15-14-17-11-5-6-12-19(17)20-18(15)13-7-10-16-8-3-2-4-9-16/h2-6,8-9,11-12,15,18,20H,7,10,13-14H2,1H3. The average molecular weight is 265 g/mol. The minimum absolute atomic E-state index is 0.619. The van der Waals surface area contributed by atoms with Crippen molar-refractivity contribution >= 4 is 5.69 Å². The van der Waals surface area contributed by atoms with Crippen LogP contribution in [0, 0.1) is 5.92 Å². The number of nitrogens with one attached hydrogen (secondary N) is 1. The molecule has 0 fully saturated rings. The summed E-state index contributed by atoms with van der Waals surface area (Å²) in [5.74, 6) is 0.723. The molecular weight excluding hydrogens is 242 g/mol. The third-order valence-electron chi connectivity index (χ3n) is 4.41. The summed E-state index contributed by atoms with van der Waals surface area (Å²) in [6.07, 6.45) is 4.91. The van der Waals surface area contributed by atoms with Gasteiger partial charge in [-0.1, -0.05) is 55.5 Å². The molecule has 1 heterocycles. The third kappa shape index (κ3) is 3.04. The van der Waals surface area contributed by atoms with Gasteiger partial charge in [-0.05, 0) is 48.8 Å². The topological polar surface area (TPSA) is 12.0 Å². The molecule has 0 radical (unpaired) electrons. The summed E-state index contributed by atoms with van der Waals surface area (Å²) in [5, 5.41) is 3.73. The highest BCUT2D eigenvalue weighted by Crippen LogP contribution is 2.30. The van der Waals surface area contributed by atoms with Crippen LogP contribution in [0.4, 0.5) is 5.69 Å². The summed E-state index contributed by atoms with van der Waals surface area (Å²) in [5.41, 5.74) is 4.27. The van der Waals surface area contributed by atoms with Crippen molar-refractivity contribution in [2.75, 3.05) is 5.32 Å². The smallest absolute Gasteiger partial charge is 0.0375 e. The van der Waals surface area contributed by atoms with Crippen molar-refractivity contribution < 1.29 is 0 Å². The van der Waals surface area contributed by atoms with Crippen LogP contribution in [0.15, 0.2) is 54.6 Å². The SMILES string of the molecule is CC1Cc2ccccc2NC1CCCc1ccccc1. The molecule has 1 heteroatoms. The predicted molar refractivity (Wildman–Crippen MR) is 86.1 cm³/mol. The summed E-state index contributed by atoms with van der Waals surface area (Å²) in [6, 6.07) is 20.2. The molecule has 2 unspecified atom stereocenters. The first-order valence-corrected chi connectivity index (χ1v) is 7.71. The van der Waals surface area contributed by atoms with E-state index < -0.39 is 0 Å². The lowest BCUT2D eigenvalue weighted by molar-refractivity contribution is 0.432. The molecule has 2 atom stereocenters. The summed E-state index contributed by atoms with van der Waals surface area (Å²) in [4.78, 5) is 0. The van der Waals surface area contributed by atoms with Crippen LogP contribution in [0.25, 0.3) is 0 Å². The van der Waals surface area contributed by atoms with Gasteiger partial charge in [0.2, 0.25) is 0 Å². The van der Waals surface area contributed by atoms with Crippen LogP contribution in [0.3, 0.4) is 0 Å². The third-order valence-corrected chi connectivity index (χ3v) is 4.41. The van der Waals surface area contributed by atoms with Gasteiger partial charge in [0.1, 0.15) is 0 Å². The summed E-state index contributed by atoms with van der Waals surface area (Å²) in [6.45, 7) is 2.37. The molecule has 104 valence electrons. The number of hydrogen-bond acceptors (Lipinski definition) is 1. The van der Waals surface area contributed by atoms with E-state index in [-0.39, 0.29) is 0 Å². The fourth-order valence-electron chi connectivity index (χ4n) is 3.20. The van der Waals surface area contributed by atoms with E-state index in [9.17, 15) is 0 Å². The van der Waals surface area contributed by atoms with Gasteiger partial charge in [0, 0.05) is 11.7 Å². The maximum atomic E-state index is 3.73. The molecule has 0 saturated carbocycles. The maximum absolute atomic E-state index is 3.73. The van der Waals surface area contributed by atoms with Gasteiger partial charge in [-0.3, -0.25) is 0 Å². The van der Waals surface area contributed by atoms with Gasteiger partial charge < -0.3 is 5.32 Å². The van der Waals surface area contributed by atoms with Crippen LogP contribution in [0.5, 0.6) is 0 Å². The van der Waals surface area contributed by atoms with E-state index >= 15 is 0 Å². The molecular formula is C19H23N. The van der Waals surface area contributed by atoms with E-state index in [1.54, 1.807) is 0 Å². The molecule has 0 saturated heterocycles. The highest BCUT2D eigenvalue weighted by molar-refractivity contribution is 5.54. The van der Waals surface area contributed by atoms with E-state index in [0.717, 1.165) is 5.92 Å². The molecule has 0 bridgehead atoms. The second-order valence-electron chi connectivity index (χ2n) is 5.97. The lowest BCUT2D eigenvalue weighted by Crippen LogP contribution is -2.33. The number of hydrogen-bond donors (Lipinski definition) is 1. The first-order valence-electron chi connectivity index (χ1n) is 7.71. The minimum atomic E-state index is 0.619. The fourth-order valence-corrected chi connectivity index (χ4v) is 3.20. The van der Waals surface area contributed by atoms with Crippen LogP contribution in [0.1, 0.15) is 30.9 Å². The zero-order valence-electron chi connectivity index (χ0n) is 12.2. The van der Waals surface area contributed by atoms with Crippen molar-refractivity contribution in [3.05, 3.63) is 65.7 Å².